The van der Waals surface area contributed by atoms with Gasteiger partial charge >= 0.3 is 0 Å². The van der Waals surface area contributed by atoms with E-state index in [9.17, 15) is 0 Å². The van der Waals surface area contributed by atoms with Gasteiger partial charge in [-0.15, -0.1) is 23.2 Å². The maximum Gasteiger partial charge on any atom is 0.0415 e. The highest BCUT2D eigenvalue weighted by Gasteiger charge is 1.56. The van der Waals surface area contributed by atoms with Gasteiger partial charge in [-0.1, -0.05) is 35.4 Å². The van der Waals surface area contributed by atoms with Crippen molar-refractivity contribution in [1.29, 1.82) is 0 Å². The van der Waals surface area contributed by atoms with Crippen LogP contribution in [0.5, 0.6) is 0 Å². The molecule has 0 bridgehead atoms. The molecular formula is C6H8Cl4. The van der Waals surface area contributed by atoms with E-state index in [-0.39, 0.29) is 0 Å². The fourth-order valence-electron chi connectivity index (χ4n) is 0.0673. The van der Waals surface area contributed by atoms with Crippen LogP contribution in [0.3, 0.4) is 0 Å². The average molecular weight is 222 g/mol. The van der Waals surface area contributed by atoms with E-state index in [0.29, 0.717) is 11.8 Å². The average Bonchev–Trinajstić information content (AvgIpc) is 1.93. The number of alkyl halides is 2. The monoisotopic (exact) mass is 220 g/mol. The summed E-state index contributed by atoms with van der Waals surface area (Å²) >= 11 is 20.3. The first kappa shape index (κ1) is 13.2. The molecular weight excluding hydrogens is 214 g/mol. The summed E-state index contributed by atoms with van der Waals surface area (Å²) in [5.74, 6) is 1.01. The molecule has 0 heterocycles. The molecule has 4 heteroatoms. The Morgan fingerprint density at radius 2 is 1.10 bits per heavy atom. The topological polar surface area (TPSA) is 0 Å². The van der Waals surface area contributed by atoms with Crippen LogP contribution in [-0.4, -0.2) is 11.8 Å². The second kappa shape index (κ2) is 16.3. The fourth-order valence-corrected chi connectivity index (χ4v) is 0.606. The Balaban J connectivity index is 0. The minimum atomic E-state index is 0.503. The lowest BCUT2D eigenvalue weighted by molar-refractivity contribution is 1.79. The summed E-state index contributed by atoms with van der Waals surface area (Å²) in [5, 5.41) is 0. The first-order valence-corrected chi connectivity index (χ1v) is 4.40. The maximum absolute atomic E-state index is 5.13. The molecule has 0 radical (unpaired) electrons. The number of allylic oxidation sites excluding steroid dienone is 2. The molecule has 0 aromatic rings. The molecule has 0 saturated carbocycles. The zero-order valence-corrected chi connectivity index (χ0v) is 8.26. The van der Waals surface area contributed by atoms with E-state index in [2.05, 4.69) is 0 Å². The summed E-state index contributed by atoms with van der Waals surface area (Å²) in [5.41, 5.74) is 2.79. The number of hydrogen-bond acceptors (Lipinski definition) is 0. The SMILES string of the molecule is Cl/C=C/CCl.Cl/C=C/CCl. The van der Waals surface area contributed by atoms with Crippen molar-refractivity contribution < 1.29 is 0 Å². The standard InChI is InChI=1S/2C3H4Cl2/c2*4-2-1-3-5/h2*1-2H,3H2/b2*2-1+. The molecule has 0 aromatic heterocycles. The van der Waals surface area contributed by atoms with E-state index in [1.807, 2.05) is 0 Å². The van der Waals surface area contributed by atoms with Crippen LogP contribution in [0.15, 0.2) is 23.2 Å². The van der Waals surface area contributed by atoms with Crippen LogP contribution in [0.1, 0.15) is 0 Å². The minimum absolute atomic E-state index is 0.503. The van der Waals surface area contributed by atoms with Gasteiger partial charge in [-0.25, -0.2) is 0 Å². The number of halogens is 4. The van der Waals surface area contributed by atoms with E-state index >= 15 is 0 Å². The summed E-state index contributed by atoms with van der Waals surface area (Å²) < 4.78 is 0. The molecule has 0 N–H and O–H groups in total. The molecule has 0 nitrogen and oxygen atoms in total. The second-order valence-corrected chi connectivity index (χ2v) is 2.15. The molecule has 10 heavy (non-hydrogen) atoms. The van der Waals surface area contributed by atoms with E-state index in [1.54, 1.807) is 12.2 Å². The fraction of sp³-hybridized carbons (Fsp3) is 0.333. The van der Waals surface area contributed by atoms with Crippen molar-refractivity contribution in [1.82, 2.24) is 0 Å². The Labute approximate surface area is 81.4 Å². The lowest BCUT2D eigenvalue weighted by Crippen LogP contribution is -1.48. The van der Waals surface area contributed by atoms with Gasteiger partial charge in [0.1, 0.15) is 0 Å². The van der Waals surface area contributed by atoms with Crippen LogP contribution < -0.4 is 0 Å². The van der Waals surface area contributed by atoms with Crippen molar-refractivity contribution in [3.05, 3.63) is 23.2 Å². The van der Waals surface area contributed by atoms with Gasteiger partial charge in [-0.05, 0) is 0 Å². The summed E-state index contributed by atoms with van der Waals surface area (Å²) in [7, 11) is 0. The zero-order chi connectivity index (χ0) is 8.24. The summed E-state index contributed by atoms with van der Waals surface area (Å²) in [6.45, 7) is 0. The van der Waals surface area contributed by atoms with Crippen molar-refractivity contribution in [2.75, 3.05) is 11.8 Å². The molecule has 0 spiro atoms. The van der Waals surface area contributed by atoms with E-state index < -0.39 is 0 Å². The van der Waals surface area contributed by atoms with Crippen LogP contribution in [0, 0.1) is 0 Å². The van der Waals surface area contributed by atoms with Gasteiger partial charge in [-0.3, -0.25) is 0 Å². The normalized spacial score (nSPS) is 10.0. The van der Waals surface area contributed by atoms with Gasteiger partial charge in [0.2, 0.25) is 0 Å². The number of hydrogen-bond donors (Lipinski definition) is 0. The Hall–Kier alpha value is 0.640. The molecule has 0 aromatic carbocycles. The lowest BCUT2D eigenvalue weighted by Gasteiger charge is -1.61. The highest BCUT2D eigenvalue weighted by Crippen LogP contribution is 1.79. The third-order valence-corrected chi connectivity index (χ3v) is 1.07. The second-order valence-electron chi connectivity index (χ2n) is 1.03. The van der Waals surface area contributed by atoms with Crippen molar-refractivity contribution >= 4 is 46.4 Å². The molecule has 0 aliphatic carbocycles. The third-order valence-electron chi connectivity index (χ3n) is 0.356. The van der Waals surface area contributed by atoms with Gasteiger partial charge in [0.15, 0.2) is 0 Å². The first-order valence-electron chi connectivity index (χ1n) is 2.45. The van der Waals surface area contributed by atoms with Crippen LogP contribution >= 0.6 is 46.4 Å². The smallest absolute Gasteiger partial charge is 0.0415 e. The Morgan fingerprint density at radius 3 is 1.10 bits per heavy atom. The number of rotatable bonds is 2. The molecule has 0 saturated heterocycles. The molecule has 0 atom stereocenters. The van der Waals surface area contributed by atoms with E-state index in [0.717, 1.165) is 0 Å². The predicted octanol–water partition coefficient (Wildman–Crippen LogP) is 3.96. The molecule has 0 amide bonds. The largest absolute Gasteiger partial charge is 0.122 e. The van der Waals surface area contributed by atoms with Crippen LogP contribution in [0.25, 0.3) is 0 Å². The van der Waals surface area contributed by atoms with Crippen molar-refractivity contribution in [2.24, 2.45) is 0 Å². The molecule has 60 valence electrons. The van der Waals surface area contributed by atoms with Crippen molar-refractivity contribution in [3.8, 4) is 0 Å². The Bertz CT molecular complexity index is 75.7. The van der Waals surface area contributed by atoms with Crippen molar-refractivity contribution in [3.63, 3.8) is 0 Å². The van der Waals surface area contributed by atoms with E-state index in [4.69, 9.17) is 46.4 Å². The van der Waals surface area contributed by atoms with Gasteiger partial charge in [0.05, 0.1) is 0 Å². The van der Waals surface area contributed by atoms with Gasteiger partial charge in [-0.2, -0.15) is 0 Å². The summed E-state index contributed by atoms with van der Waals surface area (Å²) in [6, 6.07) is 0. The van der Waals surface area contributed by atoms with Crippen molar-refractivity contribution in [2.45, 2.75) is 0 Å². The van der Waals surface area contributed by atoms with Gasteiger partial charge in [0, 0.05) is 22.8 Å². The summed E-state index contributed by atoms with van der Waals surface area (Å²) in [4.78, 5) is 0. The summed E-state index contributed by atoms with van der Waals surface area (Å²) in [6.07, 6.45) is 3.31. The maximum atomic E-state index is 5.13. The minimum Gasteiger partial charge on any atom is -0.122 e. The zero-order valence-electron chi connectivity index (χ0n) is 5.24. The predicted molar refractivity (Wildman–Crippen MR) is 51.4 cm³/mol. The first-order chi connectivity index (χ1) is 4.83. The molecule has 0 aliphatic heterocycles. The van der Waals surface area contributed by atoms with Gasteiger partial charge < -0.3 is 0 Å². The van der Waals surface area contributed by atoms with Crippen LogP contribution in [-0.2, 0) is 0 Å². The third kappa shape index (κ3) is 23.4. The molecule has 0 rings (SSSR count). The molecule has 0 aliphatic rings. The highest BCUT2D eigenvalue weighted by atomic mass is 35.5. The molecule has 0 fully saturated rings. The van der Waals surface area contributed by atoms with Crippen LogP contribution in [0.4, 0.5) is 0 Å². The quantitative estimate of drug-likeness (QED) is 0.620. The van der Waals surface area contributed by atoms with Gasteiger partial charge in [0.25, 0.3) is 0 Å². The Morgan fingerprint density at radius 1 is 0.800 bits per heavy atom. The Kier molecular flexibility index (Phi) is 21.6. The molecule has 0 unspecified atom stereocenters. The highest BCUT2D eigenvalue weighted by molar-refractivity contribution is 6.26. The lowest BCUT2D eigenvalue weighted by atomic mass is 10.8. The van der Waals surface area contributed by atoms with E-state index in [1.165, 1.54) is 11.1 Å². The van der Waals surface area contributed by atoms with Crippen LogP contribution in [0.2, 0.25) is 0 Å².